The van der Waals surface area contributed by atoms with Crippen LogP contribution in [-0.4, -0.2) is 13.2 Å². The Morgan fingerprint density at radius 3 is 3.31 bits per heavy atom. The number of allylic oxidation sites excluding steroid dienone is 3. The van der Waals surface area contributed by atoms with Gasteiger partial charge in [0, 0.05) is 5.92 Å². The molecule has 72 valence electrons. The fraction of sp³-hybridized carbons (Fsp3) is 0.667. The summed E-state index contributed by atoms with van der Waals surface area (Å²) < 4.78 is 5.52. The lowest BCUT2D eigenvalue weighted by molar-refractivity contribution is 0.177. The van der Waals surface area contributed by atoms with Crippen molar-refractivity contribution in [3.05, 3.63) is 23.8 Å². The van der Waals surface area contributed by atoms with Crippen molar-refractivity contribution in [3.8, 4) is 0 Å². The third-order valence-electron chi connectivity index (χ3n) is 3.08. The van der Waals surface area contributed by atoms with Gasteiger partial charge in [0.2, 0.25) is 0 Å². The Hall–Kier alpha value is -0.560. The van der Waals surface area contributed by atoms with Crippen LogP contribution < -0.4 is 0 Å². The van der Waals surface area contributed by atoms with Crippen LogP contribution in [0.3, 0.4) is 0 Å². The highest BCUT2D eigenvalue weighted by Crippen LogP contribution is 2.33. The van der Waals surface area contributed by atoms with Crippen LogP contribution in [-0.2, 0) is 4.74 Å². The minimum absolute atomic E-state index is 0.693. The van der Waals surface area contributed by atoms with Crippen molar-refractivity contribution in [3.63, 3.8) is 0 Å². The number of ether oxygens (including phenoxy) is 1. The van der Waals surface area contributed by atoms with Gasteiger partial charge in [-0.05, 0) is 24.3 Å². The van der Waals surface area contributed by atoms with Crippen LogP contribution in [0.5, 0.6) is 0 Å². The lowest BCUT2D eigenvalue weighted by Gasteiger charge is -2.18. The van der Waals surface area contributed by atoms with Gasteiger partial charge < -0.3 is 4.74 Å². The summed E-state index contributed by atoms with van der Waals surface area (Å²) in [5.41, 5.74) is 1.54. The van der Waals surface area contributed by atoms with E-state index in [-0.39, 0.29) is 0 Å². The molecule has 1 aliphatic carbocycles. The molecule has 1 aliphatic heterocycles. The average molecular weight is 178 g/mol. The minimum Gasteiger partial charge on any atom is -0.376 e. The maximum atomic E-state index is 5.52. The molecule has 0 aromatic rings. The molecule has 0 bridgehead atoms. The summed E-state index contributed by atoms with van der Waals surface area (Å²) in [5, 5.41) is 0. The minimum atomic E-state index is 0.693. The third kappa shape index (κ3) is 1.86. The molecule has 0 spiro atoms. The number of hydrogen-bond acceptors (Lipinski definition) is 1. The van der Waals surface area contributed by atoms with Crippen LogP contribution in [0.25, 0.3) is 0 Å². The highest BCUT2D eigenvalue weighted by atomic mass is 16.5. The Labute approximate surface area is 80.5 Å². The molecule has 2 rings (SSSR count). The Kier molecular flexibility index (Phi) is 2.84. The van der Waals surface area contributed by atoms with Crippen molar-refractivity contribution in [2.45, 2.75) is 26.2 Å². The van der Waals surface area contributed by atoms with Gasteiger partial charge in [0.15, 0.2) is 0 Å². The van der Waals surface area contributed by atoms with Gasteiger partial charge in [0.1, 0.15) is 0 Å². The number of rotatable bonds is 2. The maximum Gasteiger partial charge on any atom is 0.0680 e. The van der Waals surface area contributed by atoms with Crippen molar-refractivity contribution in [2.24, 2.45) is 11.8 Å². The van der Waals surface area contributed by atoms with Gasteiger partial charge in [-0.1, -0.05) is 31.6 Å². The summed E-state index contributed by atoms with van der Waals surface area (Å²) in [6.45, 7) is 4.09. The van der Waals surface area contributed by atoms with Crippen LogP contribution in [0.2, 0.25) is 0 Å². The molecule has 0 unspecified atom stereocenters. The first-order chi connectivity index (χ1) is 6.42. The van der Waals surface area contributed by atoms with Gasteiger partial charge in [0.05, 0.1) is 13.2 Å². The fourth-order valence-corrected chi connectivity index (χ4v) is 2.36. The summed E-state index contributed by atoms with van der Waals surface area (Å²) >= 11 is 0. The lowest BCUT2D eigenvalue weighted by Crippen LogP contribution is -2.13. The van der Waals surface area contributed by atoms with Gasteiger partial charge in [0.25, 0.3) is 0 Å². The predicted octanol–water partition coefficient (Wildman–Crippen LogP) is 2.94. The average Bonchev–Trinajstić information content (AvgIpc) is 2.52. The zero-order valence-electron chi connectivity index (χ0n) is 8.33. The highest BCUT2D eigenvalue weighted by molar-refractivity contribution is 5.19. The van der Waals surface area contributed by atoms with Crippen molar-refractivity contribution in [1.29, 1.82) is 0 Å². The van der Waals surface area contributed by atoms with Crippen LogP contribution in [0, 0.1) is 11.8 Å². The van der Waals surface area contributed by atoms with Gasteiger partial charge in [-0.2, -0.15) is 0 Å². The standard InChI is InChI=1S/C12H18O/c1-2-5-10-6-3-4-7-11-8-13-9-12(10)11/h3,6-7,10,12H,2,4-5,8-9H2,1H3/t10-,12-/m1/s1. The van der Waals surface area contributed by atoms with E-state index in [2.05, 4.69) is 25.2 Å². The number of fused-ring (bicyclic) bond motifs is 1. The molecule has 1 heteroatoms. The molecule has 0 aromatic carbocycles. The fourth-order valence-electron chi connectivity index (χ4n) is 2.36. The van der Waals surface area contributed by atoms with E-state index >= 15 is 0 Å². The summed E-state index contributed by atoms with van der Waals surface area (Å²) in [4.78, 5) is 0. The quantitative estimate of drug-likeness (QED) is 0.591. The molecule has 1 nitrogen and oxygen atoms in total. The van der Waals surface area contributed by atoms with E-state index in [9.17, 15) is 0 Å². The lowest BCUT2D eigenvalue weighted by atomic mass is 9.86. The van der Waals surface area contributed by atoms with E-state index in [1.54, 1.807) is 5.57 Å². The molecule has 0 aromatic heterocycles. The van der Waals surface area contributed by atoms with Crippen molar-refractivity contribution in [1.82, 2.24) is 0 Å². The normalized spacial score (nSPS) is 32.5. The molecule has 0 N–H and O–H groups in total. The smallest absolute Gasteiger partial charge is 0.0680 e. The Morgan fingerprint density at radius 1 is 1.54 bits per heavy atom. The first-order valence-corrected chi connectivity index (χ1v) is 5.35. The molecule has 1 heterocycles. The summed E-state index contributed by atoms with van der Waals surface area (Å²) in [6, 6.07) is 0. The van der Waals surface area contributed by atoms with E-state index in [1.807, 2.05) is 0 Å². The third-order valence-corrected chi connectivity index (χ3v) is 3.08. The molecule has 0 saturated carbocycles. The van der Waals surface area contributed by atoms with E-state index in [1.165, 1.54) is 12.8 Å². The monoisotopic (exact) mass is 178 g/mol. The maximum absolute atomic E-state index is 5.52. The highest BCUT2D eigenvalue weighted by Gasteiger charge is 2.28. The largest absolute Gasteiger partial charge is 0.376 e. The zero-order valence-corrected chi connectivity index (χ0v) is 8.33. The number of hydrogen-bond donors (Lipinski definition) is 0. The van der Waals surface area contributed by atoms with E-state index in [0.717, 1.165) is 25.6 Å². The second-order valence-corrected chi connectivity index (χ2v) is 4.02. The van der Waals surface area contributed by atoms with Crippen molar-refractivity contribution < 1.29 is 4.74 Å². The zero-order chi connectivity index (χ0) is 9.10. The molecule has 1 fully saturated rings. The summed E-state index contributed by atoms with van der Waals surface area (Å²) in [7, 11) is 0. The Bertz CT molecular complexity index is 227. The van der Waals surface area contributed by atoms with Gasteiger partial charge in [-0.25, -0.2) is 0 Å². The molecule has 0 radical (unpaired) electrons. The van der Waals surface area contributed by atoms with Gasteiger partial charge in [-0.3, -0.25) is 0 Å². The Balaban J connectivity index is 2.12. The Morgan fingerprint density at radius 2 is 2.46 bits per heavy atom. The second kappa shape index (κ2) is 4.10. The topological polar surface area (TPSA) is 9.23 Å². The van der Waals surface area contributed by atoms with E-state index in [4.69, 9.17) is 4.74 Å². The van der Waals surface area contributed by atoms with Crippen LogP contribution in [0.15, 0.2) is 23.8 Å². The summed E-state index contributed by atoms with van der Waals surface area (Å²) in [6.07, 6.45) is 10.7. The first-order valence-electron chi connectivity index (χ1n) is 5.35. The van der Waals surface area contributed by atoms with Crippen LogP contribution in [0.1, 0.15) is 26.2 Å². The van der Waals surface area contributed by atoms with Crippen molar-refractivity contribution >= 4 is 0 Å². The predicted molar refractivity (Wildman–Crippen MR) is 54.5 cm³/mol. The van der Waals surface area contributed by atoms with Crippen LogP contribution >= 0.6 is 0 Å². The van der Waals surface area contributed by atoms with Crippen molar-refractivity contribution in [2.75, 3.05) is 13.2 Å². The molecule has 13 heavy (non-hydrogen) atoms. The summed E-state index contributed by atoms with van der Waals surface area (Å²) in [5.74, 6) is 1.43. The first kappa shape index (κ1) is 9.01. The molecule has 1 saturated heterocycles. The molecule has 2 aliphatic rings. The second-order valence-electron chi connectivity index (χ2n) is 4.02. The van der Waals surface area contributed by atoms with E-state index < -0.39 is 0 Å². The molecule has 0 amide bonds. The van der Waals surface area contributed by atoms with Gasteiger partial charge >= 0.3 is 0 Å². The molecular formula is C12H18O. The van der Waals surface area contributed by atoms with E-state index in [0.29, 0.717) is 5.92 Å². The molecule has 2 atom stereocenters. The van der Waals surface area contributed by atoms with Crippen LogP contribution in [0.4, 0.5) is 0 Å². The van der Waals surface area contributed by atoms with Gasteiger partial charge in [-0.15, -0.1) is 0 Å². The molecular weight excluding hydrogens is 160 g/mol. The SMILES string of the molecule is CCC[C@@H]1C=CCC=C2COC[C@@H]21.